The zero-order valence-electron chi connectivity index (χ0n) is 71.2. The van der Waals surface area contributed by atoms with Crippen LogP contribution in [0.15, 0.2) is 0 Å². The number of aliphatic hydroxyl groups excluding tert-OH is 1. The van der Waals surface area contributed by atoms with Crippen LogP contribution in [0.25, 0.3) is 0 Å². The summed E-state index contributed by atoms with van der Waals surface area (Å²) in [6, 6.07) is 0. The Morgan fingerprint density at radius 3 is 0.630 bits per heavy atom. The number of carbonyl (C=O) groups excluding carboxylic acids is 4. The number of esters is 4. The van der Waals surface area contributed by atoms with E-state index in [1.54, 1.807) is 0 Å². The first kappa shape index (κ1) is 106. The number of carbonyl (C=O) groups is 4. The fourth-order valence-electron chi connectivity index (χ4n) is 14.0. The minimum atomic E-state index is -4.97. The molecule has 0 amide bonds. The highest BCUT2D eigenvalue weighted by Crippen LogP contribution is 2.45. The van der Waals surface area contributed by atoms with Gasteiger partial charge in [-0.15, -0.1) is 0 Å². The molecule has 19 heteroatoms. The molecule has 0 aliphatic carbocycles. The van der Waals surface area contributed by atoms with E-state index < -0.39 is 97.5 Å². The van der Waals surface area contributed by atoms with E-state index in [9.17, 15) is 43.2 Å². The molecular formula is C89H174O17P2. The summed E-state index contributed by atoms with van der Waals surface area (Å²) in [6.45, 7) is 9.74. The number of unbranched alkanes of at least 4 members (excludes halogenated alkanes) is 58. The molecule has 0 aromatic heterocycles. The van der Waals surface area contributed by atoms with E-state index in [1.807, 2.05) is 0 Å². The Bertz CT molecular complexity index is 2060. The number of rotatable bonds is 88. The summed E-state index contributed by atoms with van der Waals surface area (Å²) in [6.07, 6.45) is 73.6. The molecule has 0 aromatic rings. The van der Waals surface area contributed by atoms with E-state index in [2.05, 4.69) is 41.5 Å². The number of hydrogen-bond acceptors (Lipinski definition) is 15. The summed E-state index contributed by atoms with van der Waals surface area (Å²) in [4.78, 5) is 73.4. The highest BCUT2D eigenvalue weighted by molar-refractivity contribution is 7.47. The standard InChI is InChI=1S/C89H174O17P2/c1-7-9-11-13-15-17-19-21-22-23-24-28-31-35-42-48-54-60-66-72-87(92)100-78-84(105-88(93)73-67-61-55-49-43-36-32-29-26-25-27-30-34-39-45-51-57-63-69-81(3)4)79-103-107(95,96)101-75-83(90)76-102-108(97,98)104-80-85(77-99-86(91)71-65-59-53-47-41-33-20-18-16-14-12-10-8-2)106-89(94)74-68-62-56-50-44-38-37-40-46-52-58-64-70-82(5)6/h81-85,90H,7-80H2,1-6H3,(H,95,96)(H,97,98)/t83-,84-,85-/m1/s1. The number of phosphoric ester groups is 2. The highest BCUT2D eigenvalue weighted by atomic mass is 31.2. The van der Waals surface area contributed by atoms with Gasteiger partial charge in [-0.05, 0) is 37.5 Å². The Labute approximate surface area is 664 Å². The lowest BCUT2D eigenvalue weighted by Gasteiger charge is -2.21. The van der Waals surface area contributed by atoms with Crippen molar-refractivity contribution in [3.05, 3.63) is 0 Å². The third-order valence-electron chi connectivity index (χ3n) is 21.0. The van der Waals surface area contributed by atoms with Gasteiger partial charge in [-0.25, -0.2) is 9.13 Å². The molecule has 2 unspecified atom stereocenters. The first-order valence-corrected chi connectivity index (χ1v) is 49.0. The lowest BCUT2D eigenvalue weighted by atomic mass is 10.0. The molecule has 0 heterocycles. The second kappa shape index (κ2) is 80.3. The third-order valence-corrected chi connectivity index (χ3v) is 22.9. The molecule has 642 valence electrons. The Morgan fingerprint density at radius 1 is 0.250 bits per heavy atom. The quantitative estimate of drug-likeness (QED) is 0.0222. The predicted molar refractivity (Wildman–Crippen MR) is 446 cm³/mol. The fraction of sp³-hybridized carbons (Fsp3) is 0.955. The molecule has 5 atom stereocenters. The largest absolute Gasteiger partial charge is 0.472 e. The van der Waals surface area contributed by atoms with Crippen molar-refractivity contribution in [2.45, 2.75) is 496 Å². The van der Waals surface area contributed by atoms with Crippen LogP contribution < -0.4 is 0 Å². The summed E-state index contributed by atoms with van der Waals surface area (Å²) >= 11 is 0. The third kappa shape index (κ3) is 82.1. The van der Waals surface area contributed by atoms with Crippen LogP contribution >= 0.6 is 15.6 Å². The van der Waals surface area contributed by atoms with Crippen molar-refractivity contribution in [1.82, 2.24) is 0 Å². The van der Waals surface area contributed by atoms with E-state index in [-0.39, 0.29) is 25.7 Å². The molecule has 108 heavy (non-hydrogen) atoms. The zero-order chi connectivity index (χ0) is 79.2. The smallest absolute Gasteiger partial charge is 0.462 e. The van der Waals surface area contributed by atoms with E-state index in [4.69, 9.17) is 37.0 Å². The van der Waals surface area contributed by atoms with Gasteiger partial charge in [0.15, 0.2) is 12.2 Å². The molecule has 0 radical (unpaired) electrons. The van der Waals surface area contributed by atoms with Crippen LogP contribution in [0.5, 0.6) is 0 Å². The molecule has 0 rings (SSSR count). The maximum absolute atomic E-state index is 13.2. The second-order valence-corrected chi connectivity index (χ2v) is 35.8. The zero-order valence-corrected chi connectivity index (χ0v) is 73.0. The Hall–Kier alpha value is -1.94. The van der Waals surface area contributed by atoms with Gasteiger partial charge in [0.1, 0.15) is 19.3 Å². The van der Waals surface area contributed by atoms with Crippen molar-refractivity contribution in [3.8, 4) is 0 Å². The number of ether oxygens (including phenoxy) is 4. The van der Waals surface area contributed by atoms with Crippen molar-refractivity contribution < 1.29 is 80.2 Å². The van der Waals surface area contributed by atoms with Crippen molar-refractivity contribution in [2.75, 3.05) is 39.6 Å². The number of phosphoric acid groups is 2. The molecule has 0 saturated heterocycles. The first-order valence-electron chi connectivity index (χ1n) is 46.0. The van der Waals surface area contributed by atoms with E-state index in [0.29, 0.717) is 25.7 Å². The van der Waals surface area contributed by atoms with Crippen molar-refractivity contribution in [2.24, 2.45) is 11.8 Å². The minimum Gasteiger partial charge on any atom is -0.462 e. The van der Waals surface area contributed by atoms with Gasteiger partial charge >= 0.3 is 39.5 Å². The monoisotopic (exact) mass is 1580 g/mol. The van der Waals surface area contributed by atoms with Crippen molar-refractivity contribution in [1.29, 1.82) is 0 Å². The van der Waals surface area contributed by atoms with Crippen LogP contribution in [0.4, 0.5) is 0 Å². The summed E-state index contributed by atoms with van der Waals surface area (Å²) in [5, 5.41) is 10.7. The Kier molecular flexibility index (Phi) is 78.8. The molecule has 0 aliphatic heterocycles. The molecule has 0 aliphatic rings. The normalized spacial score (nSPS) is 13.8. The maximum atomic E-state index is 13.2. The van der Waals surface area contributed by atoms with E-state index in [1.165, 1.54) is 295 Å². The van der Waals surface area contributed by atoms with Gasteiger partial charge in [0, 0.05) is 25.7 Å². The van der Waals surface area contributed by atoms with Crippen molar-refractivity contribution >= 4 is 39.5 Å². The summed E-state index contributed by atoms with van der Waals surface area (Å²) in [5.41, 5.74) is 0. The van der Waals surface area contributed by atoms with Gasteiger partial charge in [0.25, 0.3) is 0 Å². The molecule has 0 aromatic carbocycles. The average molecular weight is 1580 g/mol. The molecule has 0 bridgehead atoms. The van der Waals surface area contributed by atoms with Gasteiger partial charge in [0.05, 0.1) is 26.4 Å². The highest BCUT2D eigenvalue weighted by Gasteiger charge is 2.31. The molecule has 3 N–H and O–H groups in total. The fourth-order valence-corrected chi connectivity index (χ4v) is 15.5. The van der Waals surface area contributed by atoms with Gasteiger partial charge in [-0.1, -0.05) is 427 Å². The van der Waals surface area contributed by atoms with Gasteiger partial charge in [0.2, 0.25) is 0 Å². The van der Waals surface area contributed by atoms with E-state index in [0.717, 1.165) is 102 Å². The van der Waals surface area contributed by atoms with E-state index >= 15 is 0 Å². The van der Waals surface area contributed by atoms with Gasteiger partial charge in [-0.2, -0.15) is 0 Å². The molecule has 0 fully saturated rings. The Morgan fingerprint density at radius 2 is 0.426 bits per heavy atom. The predicted octanol–water partition coefficient (Wildman–Crippen LogP) is 27.4. The molecule has 0 spiro atoms. The van der Waals surface area contributed by atoms with Crippen LogP contribution in [-0.2, 0) is 65.4 Å². The lowest BCUT2D eigenvalue weighted by molar-refractivity contribution is -0.161. The van der Waals surface area contributed by atoms with Crippen LogP contribution in [0.3, 0.4) is 0 Å². The molecule has 0 saturated carbocycles. The molecule has 17 nitrogen and oxygen atoms in total. The van der Waals surface area contributed by atoms with Gasteiger partial charge in [-0.3, -0.25) is 37.3 Å². The molecular weight excluding hydrogens is 1400 g/mol. The van der Waals surface area contributed by atoms with Crippen LogP contribution in [0, 0.1) is 11.8 Å². The van der Waals surface area contributed by atoms with Crippen LogP contribution in [0.1, 0.15) is 478 Å². The maximum Gasteiger partial charge on any atom is 0.472 e. The SMILES string of the molecule is CCCCCCCCCCCCCCCCCCCCCC(=O)OC[C@H](COP(=O)(O)OC[C@@H](O)COP(=O)(O)OC[C@@H](COC(=O)CCCCCCCCCCCCCCC)OC(=O)CCCCCCCCCCCCCCC(C)C)OC(=O)CCCCCCCCCCCCCCCCCCCCC(C)C. The second-order valence-electron chi connectivity index (χ2n) is 32.9. The summed E-state index contributed by atoms with van der Waals surface area (Å²) < 4.78 is 69.0. The number of aliphatic hydroxyl groups is 1. The Balaban J connectivity index is 5.25. The van der Waals surface area contributed by atoms with Crippen molar-refractivity contribution in [3.63, 3.8) is 0 Å². The average Bonchev–Trinajstić information content (AvgIpc) is 0.876. The first-order chi connectivity index (χ1) is 52.4. The minimum absolute atomic E-state index is 0.108. The summed E-state index contributed by atoms with van der Waals surface area (Å²) in [7, 11) is -9.93. The summed E-state index contributed by atoms with van der Waals surface area (Å²) in [5.74, 6) is -0.499. The van der Waals surface area contributed by atoms with Crippen LogP contribution in [0.2, 0.25) is 0 Å². The number of hydrogen-bond donors (Lipinski definition) is 3. The lowest BCUT2D eigenvalue weighted by Crippen LogP contribution is -2.30. The van der Waals surface area contributed by atoms with Crippen LogP contribution in [-0.4, -0.2) is 96.7 Å². The van der Waals surface area contributed by atoms with Gasteiger partial charge < -0.3 is 33.8 Å². The topological polar surface area (TPSA) is 237 Å².